The molecule has 1 aromatic carbocycles. The van der Waals surface area contributed by atoms with Gasteiger partial charge in [0.25, 0.3) is 11.8 Å². The summed E-state index contributed by atoms with van der Waals surface area (Å²) in [5, 5.41) is 14.7. The molecule has 0 saturated carbocycles. The zero-order chi connectivity index (χ0) is 20.8. The van der Waals surface area contributed by atoms with Crippen LogP contribution in [0.25, 0.3) is 16.7 Å². The highest BCUT2D eigenvalue weighted by atomic mass is 16.3. The summed E-state index contributed by atoms with van der Waals surface area (Å²) in [5.74, 6) is 4.31. The van der Waals surface area contributed by atoms with E-state index in [1.165, 1.54) is 15.6 Å². The topological polar surface area (TPSA) is 134 Å². The molecular formula is C20H17N5O4. The molecule has 146 valence electrons. The summed E-state index contributed by atoms with van der Waals surface area (Å²) in [6.07, 6.45) is 0.244. The standard InChI is InChI=1S/C20H17N5O4/c1-24-10-9-20(29,19(24)28)8-7-12-3-2-4-13(11-12)25-14-5-6-15(26)22-16(14)17(23-25)18(21)27/h2-6,11,29H,9-10H2,1H3,(H2,21,27)(H,22,26). The number of amides is 2. The molecule has 2 amide bonds. The number of primary amides is 1. The minimum absolute atomic E-state index is 0.0527. The lowest BCUT2D eigenvalue weighted by Crippen LogP contribution is -2.37. The lowest BCUT2D eigenvalue weighted by molar-refractivity contribution is -0.137. The molecule has 1 aliphatic rings. The Kier molecular flexibility index (Phi) is 4.21. The number of carbonyl (C=O) groups is 2. The van der Waals surface area contributed by atoms with Crippen molar-refractivity contribution < 1.29 is 14.7 Å². The van der Waals surface area contributed by atoms with Crippen LogP contribution in [0.5, 0.6) is 0 Å². The minimum atomic E-state index is -1.69. The molecule has 0 spiro atoms. The molecule has 1 saturated heterocycles. The van der Waals surface area contributed by atoms with Gasteiger partial charge in [-0.15, -0.1) is 0 Å². The van der Waals surface area contributed by atoms with E-state index in [1.807, 2.05) is 0 Å². The van der Waals surface area contributed by atoms with E-state index < -0.39 is 17.4 Å². The molecule has 1 atom stereocenters. The van der Waals surface area contributed by atoms with Gasteiger partial charge in [-0.3, -0.25) is 14.4 Å². The van der Waals surface area contributed by atoms with E-state index in [1.54, 1.807) is 37.4 Å². The van der Waals surface area contributed by atoms with Crippen LogP contribution in [0.15, 0.2) is 41.2 Å². The Morgan fingerprint density at radius 3 is 2.79 bits per heavy atom. The van der Waals surface area contributed by atoms with Gasteiger partial charge >= 0.3 is 0 Å². The van der Waals surface area contributed by atoms with Crippen LogP contribution in [0.1, 0.15) is 22.5 Å². The molecule has 0 aliphatic carbocycles. The molecule has 3 heterocycles. The number of pyridine rings is 1. The molecule has 1 fully saturated rings. The van der Waals surface area contributed by atoms with Crippen LogP contribution in [0.3, 0.4) is 0 Å². The number of hydrogen-bond acceptors (Lipinski definition) is 5. The van der Waals surface area contributed by atoms with E-state index >= 15 is 0 Å². The largest absolute Gasteiger partial charge is 0.369 e. The summed E-state index contributed by atoms with van der Waals surface area (Å²) in [5.41, 5.74) is 5.12. The van der Waals surface area contributed by atoms with Gasteiger partial charge in [0.15, 0.2) is 5.69 Å². The minimum Gasteiger partial charge on any atom is -0.369 e. The number of nitrogens with one attached hydrogen (secondary N) is 1. The van der Waals surface area contributed by atoms with Crippen molar-refractivity contribution in [3.05, 3.63) is 58.0 Å². The van der Waals surface area contributed by atoms with Crippen LogP contribution < -0.4 is 11.3 Å². The number of H-pyrrole nitrogens is 1. The van der Waals surface area contributed by atoms with Crippen molar-refractivity contribution in [3.8, 4) is 17.5 Å². The highest BCUT2D eigenvalue weighted by molar-refractivity contribution is 6.02. The maximum absolute atomic E-state index is 12.1. The van der Waals surface area contributed by atoms with Crippen LogP contribution in [0, 0.1) is 11.8 Å². The molecule has 9 nitrogen and oxygen atoms in total. The van der Waals surface area contributed by atoms with E-state index in [4.69, 9.17) is 5.73 Å². The maximum Gasteiger partial charge on any atom is 0.271 e. The zero-order valence-corrected chi connectivity index (χ0v) is 15.5. The number of nitrogens with zero attached hydrogens (tertiary/aromatic N) is 3. The first-order valence-electron chi connectivity index (χ1n) is 8.82. The second kappa shape index (κ2) is 6.61. The number of carbonyl (C=O) groups excluding carboxylic acids is 2. The first-order chi connectivity index (χ1) is 13.8. The van der Waals surface area contributed by atoms with Crippen molar-refractivity contribution in [2.24, 2.45) is 5.73 Å². The van der Waals surface area contributed by atoms with Gasteiger partial charge in [-0.2, -0.15) is 5.10 Å². The van der Waals surface area contributed by atoms with E-state index in [0.717, 1.165) is 0 Å². The van der Waals surface area contributed by atoms with Crippen LogP contribution in [-0.2, 0) is 4.79 Å². The van der Waals surface area contributed by atoms with Crippen LogP contribution in [0.2, 0.25) is 0 Å². The SMILES string of the molecule is CN1CCC(O)(C#Cc2cccc(-n3nc(C(N)=O)c4[nH]c(=O)ccc43)c2)C1=O. The molecule has 9 heteroatoms. The summed E-state index contributed by atoms with van der Waals surface area (Å²) >= 11 is 0. The Morgan fingerprint density at radius 2 is 2.10 bits per heavy atom. The Bertz CT molecular complexity index is 1280. The van der Waals surface area contributed by atoms with Crippen molar-refractivity contribution in [3.63, 3.8) is 0 Å². The van der Waals surface area contributed by atoms with Crippen molar-refractivity contribution in [1.29, 1.82) is 0 Å². The van der Waals surface area contributed by atoms with Gasteiger partial charge in [0, 0.05) is 31.6 Å². The number of aromatic nitrogens is 3. The van der Waals surface area contributed by atoms with Crippen molar-refractivity contribution in [1.82, 2.24) is 19.7 Å². The highest BCUT2D eigenvalue weighted by Gasteiger charge is 2.42. The van der Waals surface area contributed by atoms with Gasteiger partial charge in [0.05, 0.1) is 11.2 Å². The monoisotopic (exact) mass is 391 g/mol. The summed E-state index contributed by atoms with van der Waals surface area (Å²) in [7, 11) is 1.62. The van der Waals surface area contributed by atoms with E-state index in [0.29, 0.717) is 23.3 Å². The van der Waals surface area contributed by atoms with Gasteiger partial charge in [0.1, 0.15) is 5.52 Å². The van der Waals surface area contributed by atoms with Crippen molar-refractivity contribution in [2.45, 2.75) is 12.0 Å². The molecule has 1 unspecified atom stereocenters. The third-order valence-electron chi connectivity index (χ3n) is 4.81. The smallest absolute Gasteiger partial charge is 0.271 e. The predicted molar refractivity (Wildman–Crippen MR) is 104 cm³/mol. The number of aliphatic hydroxyl groups is 1. The first-order valence-corrected chi connectivity index (χ1v) is 8.82. The van der Waals surface area contributed by atoms with Crippen LogP contribution in [-0.4, -0.2) is 55.8 Å². The van der Waals surface area contributed by atoms with Gasteiger partial charge in [0.2, 0.25) is 11.2 Å². The third kappa shape index (κ3) is 3.15. The van der Waals surface area contributed by atoms with Crippen molar-refractivity contribution in [2.75, 3.05) is 13.6 Å². The second-order valence-electron chi connectivity index (χ2n) is 6.84. The number of aromatic amines is 1. The highest BCUT2D eigenvalue weighted by Crippen LogP contribution is 2.22. The molecule has 4 rings (SSSR count). The van der Waals surface area contributed by atoms with Crippen LogP contribution >= 0.6 is 0 Å². The Balaban J connectivity index is 1.78. The molecule has 4 N–H and O–H groups in total. The summed E-state index contributed by atoms with van der Waals surface area (Å²) in [6, 6.07) is 9.77. The molecule has 0 radical (unpaired) electrons. The number of rotatable bonds is 2. The van der Waals surface area contributed by atoms with Gasteiger partial charge in [-0.1, -0.05) is 17.9 Å². The number of nitrogens with two attached hydrogens (primary N) is 1. The van der Waals surface area contributed by atoms with E-state index in [9.17, 15) is 19.5 Å². The molecular weight excluding hydrogens is 374 g/mol. The lowest BCUT2D eigenvalue weighted by atomic mass is 10.0. The van der Waals surface area contributed by atoms with Crippen LogP contribution in [0.4, 0.5) is 0 Å². The normalized spacial score (nSPS) is 18.7. The second-order valence-corrected chi connectivity index (χ2v) is 6.84. The fourth-order valence-electron chi connectivity index (χ4n) is 3.26. The quantitative estimate of drug-likeness (QED) is 0.518. The van der Waals surface area contributed by atoms with Gasteiger partial charge in [-0.05, 0) is 24.3 Å². The lowest BCUT2D eigenvalue weighted by Gasteiger charge is -2.13. The summed E-state index contributed by atoms with van der Waals surface area (Å²) in [4.78, 5) is 39.4. The Morgan fingerprint density at radius 1 is 1.31 bits per heavy atom. The zero-order valence-electron chi connectivity index (χ0n) is 15.5. The predicted octanol–water partition coefficient (Wildman–Crippen LogP) is -0.243. The first kappa shape index (κ1) is 18.5. The summed E-state index contributed by atoms with van der Waals surface area (Å²) < 4.78 is 1.47. The van der Waals surface area contributed by atoms with E-state index in [2.05, 4.69) is 21.9 Å². The summed E-state index contributed by atoms with van der Waals surface area (Å²) in [6.45, 7) is 0.442. The number of hydrogen-bond donors (Lipinski definition) is 3. The van der Waals surface area contributed by atoms with Crippen molar-refractivity contribution >= 4 is 22.8 Å². The van der Waals surface area contributed by atoms with E-state index in [-0.39, 0.29) is 23.2 Å². The number of benzene rings is 1. The fourth-order valence-corrected chi connectivity index (χ4v) is 3.26. The maximum atomic E-state index is 12.1. The molecule has 3 aromatic rings. The Hall–Kier alpha value is -3.90. The fraction of sp³-hybridized carbons (Fsp3) is 0.200. The molecule has 29 heavy (non-hydrogen) atoms. The van der Waals surface area contributed by atoms with Gasteiger partial charge in [-0.25, -0.2) is 4.68 Å². The molecule has 0 bridgehead atoms. The van der Waals surface area contributed by atoms with Gasteiger partial charge < -0.3 is 20.7 Å². The number of likely N-dealkylation sites (N-methyl/N-ethyl adjacent to an activating group) is 1. The number of likely N-dealkylation sites (tertiary alicyclic amines) is 1. The Labute approximate surface area is 164 Å². The average molecular weight is 391 g/mol. The number of fused-ring (bicyclic) bond motifs is 1. The third-order valence-corrected chi connectivity index (χ3v) is 4.81. The molecule has 2 aromatic heterocycles. The average Bonchev–Trinajstić information content (AvgIpc) is 3.20. The molecule has 1 aliphatic heterocycles.